The molecule has 6 nitrogen and oxygen atoms in total. The molecule has 24 heavy (non-hydrogen) atoms. The van der Waals surface area contributed by atoms with Crippen molar-refractivity contribution in [2.24, 2.45) is 5.92 Å². The molecule has 6 heteroatoms. The number of anilines is 1. The molecule has 0 bridgehead atoms. The third-order valence-electron chi connectivity index (χ3n) is 4.98. The molecule has 2 aromatic rings. The summed E-state index contributed by atoms with van der Waals surface area (Å²) in [4.78, 5) is 20.5. The van der Waals surface area contributed by atoms with Crippen LogP contribution < -0.4 is 4.90 Å². The highest BCUT2D eigenvalue weighted by atomic mass is 16.5. The van der Waals surface area contributed by atoms with Gasteiger partial charge in [-0.25, -0.2) is 0 Å². The maximum atomic E-state index is 11.8. The molecule has 0 spiro atoms. The van der Waals surface area contributed by atoms with Crippen LogP contribution in [0.25, 0.3) is 11.5 Å². The smallest absolute Gasteiger partial charge is 0.266 e. The molecule has 4 rings (SSSR count). The lowest BCUT2D eigenvalue weighted by atomic mass is 9.96. The van der Waals surface area contributed by atoms with Gasteiger partial charge < -0.3 is 14.3 Å². The van der Waals surface area contributed by atoms with Crippen LogP contribution in [0.5, 0.6) is 0 Å². The highest BCUT2D eigenvalue weighted by Gasteiger charge is 2.27. The molecule has 2 fully saturated rings. The van der Waals surface area contributed by atoms with E-state index in [1.54, 1.807) is 0 Å². The Morgan fingerprint density at radius 1 is 1.12 bits per heavy atom. The third kappa shape index (κ3) is 3.13. The number of piperidine rings is 1. The zero-order valence-corrected chi connectivity index (χ0v) is 13.7. The Labute approximate surface area is 141 Å². The summed E-state index contributed by atoms with van der Waals surface area (Å²) in [5.74, 6) is 2.15. The molecule has 0 N–H and O–H groups in total. The first-order chi connectivity index (χ1) is 11.8. The minimum atomic E-state index is 0.322. The molecule has 0 saturated carbocycles. The fraction of sp³-hybridized carbons (Fsp3) is 0.500. The molecular weight excluding hydrogens is 304 g/mol. The Bertz CT molecular complexity index is 692. The van der Waals surface area contributed by atoms with Crippen molar-refractivity contribution < 1.29 is 9.32 Å². The van der Waals surface area contributed by atoms with Crippen LogP contribution in [0.2, 0.25) is 0 Å². The Kier molecular flexibility index (Phi) is 4.19. The summed E-state index contributed by atoms with van der Waals surface area (Å²) in [6.45, 7) is 3.68. The number of carbonyl (C=O) groups excluding carboxylic acids is 1. The van der Waals surface area contributed by atoms with Gasteiger partial charge in [0.25, 0.3) is 11.8 Å². The Balaban J connectivity index is 1.34. The predicted octanol–water partition coefficient (Wildman–Crippen LogP) is 2.58. The minimum Gasteiger partial charge on any atom is -0.342 e. The summed E-state index contributed by atoms with van der Waals surface area (Å²) in [5.41, 5.74) is 0.943. The maximum absolute atomic E-state index is 11.8. The molecule has 0 unspecified atom stereocenters. The van der Waals surface area contributed by atoms with Crippen molar-refractivity contribution >= 4 is 11.9 Å². The molecule has 0 atom stereocenters. The molecule has 2 aliphatic rings. The number of aromatic nitrogens is 2. The van der Waals surface area contributed by atoms with Gasteiger partial charge in [0.1, 0.15) is 0 Å². The summed E-state index contributed by atoms with van der Waals surface area (Å²) in [7, 11) is 0. The molecule has 126 valence electrons. The van der Waals surface area contributed by atoms with E-state index in [4.69, 9.17) is 4.52 Å². The Hall–Kier alpha value is -2.37. The normalized spacial score (nSPS) is 19.2. The van der Waals surface area contributed by atoms with Crippen molar-refractivity contribution in [3.63, 3.8) is 0 Å². The van der Waals surface area contributed by atoms with Crippen LogP contribution in [-0.2, 0) is 4.79 Å². The summed E-state index contributed by atoms with van der Waals surface area (Å²) in [5, 5.41) is 4.13. The Morgan fingerprint density at radius 3 is 2.62 bits per heavy atom. The van der Waals surface area contributed by atoms with Gasteiger partial charge in [-0.15, -0.1) is 0 Å². The number of rotatable bonds is 4. The van der Waals surface area contributed by atoms with Crippen LogP contribution >= 0.6 is 0 Å². The molecule has 0 aliphatic carbocycles. The second-order valence-corrected chi connectivity index (χ2v) is 6.64. The number of likely N-dealkylation sites (tertiary alicyclic amines) is 1. The van der Waals surface area contributed by atoms with Crippen LogP contribution in [0.4, 0.5) is 5.95 Å². The average Bonchev–Trinajstić information content (AvgIpc) is 3.26. The average molecular weight is 326 g/mol. The number of nitrogens with zero attached hydrogens (tertiary/aromatic N) is 4. The van der Waals surface area contributed by atoms with Gasteiger partial charge in [-0.2, -0.15) is 4.98 Å². The number of hydrogen-bond donors (Lipinski definition) is 0. The third-order valence-corrected chi connectivity index (χ3v) is 4.98. The largest absolute Gasteiger partial charge is 0.342 e. The zero-order chi connectivity index (χ0) is 16.4. The van der Waals surface area contributed by atoms with Gasteiger partial charge in [0, 0.05) is 38.2 Å². The zero-order valence-electron chi connectivity index (χ0n) is 13.7. The van der Waals surface area contributed by atoms with Gasteiger partial charge in [-0.1, -0.05) is 18.2 Å². The van der Waals surface area contributed by atoms with Crippen molar-refractivity contribution in [1.82, 2.24) is 15.0 Å². The summed E-state index contributed by atoms with van der Waals surface area (Å²) in [6, 6.07) is 9.83. The van der Waals surface area contributed by atoms with E-state index in [1.165, 1.54) is 0 Å². The van der Waals surface area contributed by atoms with Crippen molar-refractivity contribution in [3.05, 3.63) is 30.3 Å². The van der Waals surface area contributed by atoms with Gasteiger partial charge in [0.2, 0.25) is 5.91 Å². The van der Waals surface area contributed by atoms with E-state index in [1.807, 2.05) is 35.2 Å². The van der Waals surface area contributed by atoms with E-state index in [2.05, 4.69) is 15.0 Å². The fourth-order valence-corrected chi connectivity index (χ4v) is 3.57. The summed E-state index contributed by atoms with van der Waals surface area (Å²) >= 11 is 0. The second kappa shape index (κ2) is 6.63. The first-order valence-corrected chi connectivity index (χ1v) is 8.71. The quantitative estimate of drug-likeness (QED) is 0.864. The van der Waals surface area contributed by atoms with Gasteiger partial charge >= 0.3 is 0 Å². The van der Waals surface area contributed by atoms with Crippen LogP contribution in [0.1, 0.15) is 25.7 Å². The topological polar surface area (TPSA) is 62.5 Å². The van der Waals surface area contributed by atoms with E-state index in [-0.39, 0.29) is 0 Å². The van der Waals surface area contributed by atoms with Gasteiger partial charge in [0.05, 0.1) is 0 Å². The minimum absolute atomic E-state index is 0.322. The molecule has 2 saturated heterocycles. The molecule has 1 aromatic heterocycles. The lowest BCUT2D eigenvalue weighted by Gasteiger charge is -2.33. The van der Waals surface area contributed by atoms with E-state index in [9.17, 15) is 4.79 Å². The van der Waals surface area contributed by atoms with E-state index < -0.39 is 0 Å². The van der Waals surface area contributed by atoms with Gasteiger partial charge in [0.15, 0.2) is 0 Å². The Morgan fingerprint density at radius 2 is 1.92 bits per heavy atom. The van der Waals surface area contributed by atoms with Crippen LogP contribution in [0.3, 0.4) is 0 Å². The van der Waals surface area contributed by atoms with E-state index in [0.717, 1.165) is 57.4 Å². The molecule has 0 radical (unpaired) electrons. The van der Waals surface area contributed by atoms with Crippen molar-refractivity contribution in [2.75, 3.05) is 31.1 Å². The summed E-state index contributed by atoms with van der Waals surface area (Å²) in [6.07, 6.45) is 3.88. The number of hydrogen-bond acceptors (Lipinski definition) is 5. The number of amides is 1. The number of benzene rings is 1. The van der Waals surface area contributed by atoms with Crippen molar-refractivity contribution in [3.8, 4) is 11.5 Å². The van der Waals surface area contributed by atoms with Gasteiger partial charge in [-0.3, -0.25) is 4.79 Å². The molecule has 1 aromatic carbocycles. The molecule has 2 aliphatic heterocycles. The predicted molar refractivity (Wildman–Crippen MR) is 90.5 cm³/mol. The van der Waals surface area contributed by atoms with Crippen molar-refractivity contribution in [2.45, 2.75) is 25.7 Å². The number of carbonyl (C=O) groups is 1. The van der Waals surface area contributed by atoms with Crippen molar-refractivity contribution in [1.29, 1.82) is 0 Å². The van der Waals surface area contributed by atoms with Gasteiger partial charge in [-0.05, 0) is 42.5 Å². The first-order valence-electron chi connectivity index (χ1n) is 8.71. The van der Waals surface area contributed by atoms with Crippen LogP contribution in [0, 0.1) is 5.92 Å². The monoisotopic (exact) mass is 326 g/mol. The highest BCUT2D eigenvalue weighted by molar-refractivity contribution is 5.78. The fourth-order valence-electron chi connectivity index (χ4n) is 3.57. The maximum Gasteiger partial charge on any atom is 0.266 e. The van der Waals surface area contributed by atoms with E-state index in [0.29, 0.717) is 23.7 Å². The highest BCUT2D eigenvalue weighted by Crippen LogP contribution is 2.25. The van der Waals surface area contributed by atoms with Crippen LogP contribution in [-0.4, -0.2) is 47.1 Å². The standard InChI is InChI=1S/C18H22N4O2/c23-16-7-4-10-22(16)13-14-8-11-21(12-9-14)18-19-17(24-20-18)15-5-2-1-3-6-15/h1-3,5-6,14H,4,7-13H2. The van der Waals surface area contributed by atoms with E-state index >= 15 is 0 Å². The molecular formula is C18H22N4O2. The van der Waals surface area contributed by atoms with Crippen LogP contribution in [0.15, 0.2) is 34.9 Å². The SMILES string of the molecule is O=C1CCCN1CC1CCN(c2noc(-c3ccccc3)n2)CC1. The lowest BCUT2D eigenvalue weighted by Crippen LogP contribution is -2.39. The molecule has 3 heterocycles. The molecule has 1 amide bonds. The first kappa shape index (κ1) is 15.2. The second-order valence-electron chi connectivity index (χ2n) is 6.64. The lowest BCUT2D eigenvalue weighted by molar-refractivity contribution is -0.128. The summed E-state index contributed by atoms with van der Waals surface area (Å²) < 4.78 is 5.40.